The monoisotopic (exact) mass is 457 g/mol. The molecule has 6 nitrogen and oxygen atoms in total. The molecule has 6 heteroatoms. The molecular weight excluding hydrogens is 406 g/mol. The number of carbonyl (C=O) groups excluding carboxylic acids is 1. The molecule has 0 radical (unpaired) electrons. The molecule has 2 N–H and O–H groups in total. The summed E-state index contributed by atoms with van der Waals surface area (Å²) in [5.74, 6) is -0.727. The molecule has 1 saturated heterocycles. The summed E-state index contributed by atoms with van der Waals surface area (Å²) in [6.07, 6.45) is 15.5. The number of hydrogen-bond donors (Lipinski definition) is 2. The van der Waals surface area contributed by atoms with Gasteiger partial charge in [0, 0.05) is 0 Å². The van der Waals surface area contributed by atoms with Crippen LogP contribution in [-0.4, -0.2) is 47.4 Å². The molecular formula is C26H51NO5. The number of aliphatic hydroxyl groups is 1. The highest BCUT2D eigenvalue weighted by atomic mass is 16.8. The summed E-state index contributed by atoms with van der Waals surface area (Å²) in [5.41, 5.74) is -0.592. The molecule has 0 aliphatic carbocycles. The predicted molar refractivity (Wildman–Crippen MR) is 130 cm³/mol. The Morgan fingerprint density at radius 3 is 1.91 bits per heavy atom. The smallest absolute Gasteiger partial charge is 0.408 e. The van der Waals surface area contributed by atoms with Crippen molar-refractivity contribution in [3.63, 3.8) is 0 Å². The van der Waals surface area contributed by atoms with Gasteiger partial charge in [0.1, 0.15) is 11.7 Å². The fraction of sp³-hybridized carbons (Fsp3) is 0.962. The van der Waals surface area contributed by atoms with Gasteiger partial charge in [0.2, 0.25) is 0 Å². The molecule has 1 rings (SSSR count). The average Bonchev–Trinajstić information content (AvgIpc) is 3.00. The maximum Gasteiger partial charge on any atom is 0.408 e. The molecule has 0 bridgehead atoms. The number of aliphatic hydroxyl groups excluding tert-OH is 1. The van der Waals surface area contributed by atoms with Gasteiger partial charge in [-0.05, 0) is 41.0 Å². The number of carbonyl (C=O) groups is 1. The van der Waals surface area contributed by atoms with E-state index < -0.39 is 29.6 Å². The third kappa shape index (κ3) is 13.0. The van der Waals surface area contributed by atoms with Crippen LogP contribution in [0, 0.1) is 0 Å². The van der Waals surface area contributed by atoms with E-state index in [4.69, 9.17) is 14.2 Å². The number of amides is 1. The minimum absolute atomic E-state index is 0.153. The van der Waals surface area contributed by atoms with Gasteiger partial charge in [-0.3, -0.25) is 0 Å². The van der Waals surface area contributed by atoms with Crippen LogP contribution in [0.2, 0.25) is 0 Å². The molecule has 0 saturated carbocycles. The summed E-state index contributed by atoms with van der Waals surface area (Å²) in [6.45, 7) is 11.2. The average molecular weight is 458 g/mol. The van der Waals surface area contributed by atoms with E-state index in [1.165, 1.54) is 70.6 Å². The van der Waals surface area contributed by atoms with Crippen molar-refractivity contribution in [1.82, 2.24) is 5.32 Å². The molecule has 1 heterocycles. The van der Waals surface area contributed by atoms with Crippen LogP contribution in [0.5, 0.6) is 0 Å². The molecule has 3 atom stereocenters. The Labute approximate surface area is 197 Å². The zero-order valence-electron chi connectivity index (χ0n) is 21.7. The molecule has 0 unspecified atom stereocenters. The van der Waals surface area contributed by atoms with E-state index in [0.717, 1.165) is 12.8 Å². The van der Waals surface area contributed by atoms with Gasteiger partial charge in [-0.15, -0.1) is 0 Å². The quantitative estimate of drug-likeness (QED) is 0.259. The summed E-state index contributed by atoms with van der Waals surface area (Å²) >= 11 is 0. The maximum atomic E-state index is 12.2. The van der Waals surface area contributed by atoms with Crippen LogP contribution in [0.15, 0.2) is 0 Å². The lowest BCUT2D eigenvalue weighted by Gasteiger charge is -2.28. The topological polar surface area (TPSA) is 77.0 Å². The van der Waals surface area contributed by atoms with Crippen molar-refractivity contribution >= 4 is 6.09 Å². The zero-order chi connectivity index (χ0) is 24.0. The van der Waals surface area contributed by atoms with E-state index in [9.17, 15) is 9.90 Å². The minimum atomic E-state index is -0.727. The predicted octanol–water partition coefficient (Wildman–Crippen LogP) is 6.48. The van der Waals surface area contributed by atoms with Gasteiger partial charge in [-0.2, -0.15) is 0 Å². The van der Waals surface area contributed by atoms with Crippen molar-refractivity contribution in [2.45, 2.75) is 155 Å². The maximum absolute atomic E-state index is 12.2. The lowest BCUT2D eigenvalue weighted by atomic mass is 9.99. The lowest BCUT2D eigenvalue weighted by Crippen LogP contribution is -2.51. The van der Waals surface area contributed by atoms with E-state index in [0.29, 0.717) is 0 Å². The standard InChI is InChI=1S/C26H51NO5/c1-7-8-9-10-11-12-13-14-15-16-17-18-19-22-23(31-26(5,6)30-22)21(20-28)27-24(29)32-25(2,3)4/h21-23,28H,7-20H2,1-6H3,(H,27,29)/t21-,22+,23-/m0/s1. The SMILES string of the molecule is CCCCCCCCCCCCCC[C@H]1OC(C)(C)O[C@H]1[C@H](CO)NC(=O)OC(C)(C)C. The molecule has 1 aliphatic rings. The van der Waals surface area contributed by atoms with Gasteiger partial charge in [0.25, 0.3) is 0 Å². The first-order valence-corrected chi connectivity index (χ1v) is 13.0. The fourth-order valence-electron chi connectivity index (χ4n) is 4.30. The van der Waals surface area contributed by atoms with Crippen LogP contribution in [0.1, 0.15) is 125 Å². The molecule has 32 heavy (non-hydrogen) atoms. The Kier molecular flexibility index (Phi) is 13.8. The first kappa shape index (κ1) is 29.2. The van der Waals surface area contributed by atoms with Gasteiger partial charge in [-0.1, -0.05) is 84.0 Å². The zero-order valence-corrected chi connectivity index (χ0v) is 21.7. The summed E-state index contributed by atoms with van der Waals surface area (Å²) in [6, 6.07) is -0.561. The molecule has 0 aromatic carbocycles. The Hall–Kier alpha value is -0.850. The molecule has 1 fully saturated rings. The third-order valence-corrected chi connectivity index (χ3v) is 5.86. The summed E-state index contributed by atoms with van der Waals surface area (Å²) in [4.78, 5) is 12.2. The number of nitrogens with one attached hydrogen (secondary N) is 1. The first-order chi connectivity index (χ1) is 15.1. The van der Waals surface area contributed by atoms with Crippen LogP contribution in [0.4, 0.5) is 4.79 Å². The lowest BCUT2D eigenvalue weighted by molar-refractivity contribution is -0.149. The van der Waals surface area contributed by atoms with Crippen molar-refractivity contribution in [2.24, 2.45) is 0 Å². The highest BCUT2D eigenvalue weighted by molar-refractivity contribution is 5.68. The number of ether oxygens (including phenoxy) is 3. The normalized spacial score (nSPS) is 21.5. The van der Waals surface area contributed by atoms with E-state index >= 15 is 0 Å². The number of hydrogen-bond acceptors (Lipinski definition) is 5. The number of unbranched alkanes of at least 4 members (excludes halogenated alkanes) is 11. The Morgan fingerprint density at radius 1 is 0.938 bits per heavy atom. The van der Waals surface area contributed by atoms with Gasteiger partial charge in [-0.25, -0.2) is 4.79 Å². The Bertz CT molecular complexity index is 503. The molecule has 0 spiro atoms. The molecule has 190 valence electrons. The molecule has 0 aromatic rings. The second-order valence-corrected chi connectivity index (χ2v) is 10.8. The van der Waals surface area contributed by atoms with Gasteiger partial charge < -0.3 is 24.6 Å². The van der Waals surface area contributed by atoms with Crippen LogP contribution in [0.25, 0.3) is 0 Å². The second kappa shape index (κ2) is 15.1. The van der Waals surface area contributed by atoms with E-state index in [1.54, 1.807) is 0 Å². The Morgan fingerprint density at radius 2 is 1.44 bits per heavy atom. The van der Waals surface area contributed by atoms with Crippen LogP contribution < -0.4 is 5.32 Å². The largest absolute Gasteiger partial charge is 0.444 e. The van der Waals surface area contributed by atoms with Crippen molar-refractivity contribution in [1.29, 1.82) is 0 Å². The van der Waals surface area contributed by atoms with Crippen molar-refractivity contribution < 1.29 is 24.1 Å². The van der Waals surface area contributed by atoms with Crippen molar-refractivity contribution in [3.8, 4) is 0 Å². The van der Waals surface area contributed by atoms with Gasteiger partial charge in [0.15, 0.2) is 5.79 Å². The van der Waals surface area contributed by atoms with Crippen LogP contribution in [-0.2, 0) is 14.2 Å². The third-order valence-electron chi connectivity index (χ3n) is 5.86. The molecule has 1 aliphatic heterocycles. The molecule has 1 amide bonds. The van der Waals surface area contributed by atoms with Crippen LogP contribution >= 0.6 is 0 Å². The fourth-order valence-corrected chi connectivity index (χ4v) is 4.30. The van der Waals surface area contributed by atoms with Gasteiger partial charge >= 0.3 is 6.09 Å². The van der Waals surface area contributed by atoms with E-state index in [-0.39, 0.29) is 12.7 Å². The first-order valence-electron chi connectivity index (χ1n) is 13.0. The van der Waals surface area contributed by atoms with Gasteiger partial charge in [0.05, 0.1) is 18.8 Å². The number of rotatable bonds is 16. The summed E-state index contributed by atoms with van der Waals surface area (Å²) in [5, 5.41) is 12.7. The molecule has 0 aromatic heterocycles. The van der Waals surface area contributed by atoms with E-state index in [1.807, 2.05) is 34.6 Å². The minimum Gasteiger partial charge on any atom is -0.444 e. The van der Waals surface area contributed by atoms with E-state index in [2.05, 4.69) is 12.2 Å². The highest BCUT2D eigenvalue weighted by Gasteiger charge is 2.45. The number of alkyl carbamates (subject to hydrolysis) is 1. The Balaban J connectivity index is 2.30. The van der Waals surface area contributed by atoms with Crippen molar-refractivity contribution in [2.75, 3.05) is 6.61 Å². The van der Waals surface area contributed by atoms with Crippen molar-refractivity contribution in [3.05, 3.63) is 0 Å². The van der Waals surface area contributed by atoms with Crippen LogP contribution in [0.3, 0.4) is 0 Å². The second-order valence-electron chi connectivity index (χ2n) is 10.8. The highest BCUT2D eigenvalue weighted by Crippen LogP contribution is 2.33. The summed E-state index contributed by atoms with van der Waals surface area (Å²) < 4.78 is 17.5. The summed E-state index contributed by atoms with van der Waals surface area (Å²) in [7, 11) is 0.